The van der Waals surface area contributed by atoms with E-state index in [4.69, 9.17) is 4.42 Å². The number of likely N-dealkylation sites (N-methyl/N-ethyl adjacent to an activating group) is 1. The fourth-order valence-electron chi connectivity index (χ4n) is 2.57. The number of carbonyl (C=O) groups is 3. The summed E-state index contributed by atoms with van der Waals surface area (Å²) in [6.07, 6.45) is 4.36. The molecule has 0 unspecified atom stereocenters. The van der Waals surface area contributed by atoms with Gasteiger partial charge in [0.05, 0.1) is 12.1 Å². The molecule has 32 heavy (non-hydrogen) atoms. The van der Waals surface area contributed by atoms with Crippen molar-refractivity contribution in [2.24, 2.45) is 0 Å². The van der Waals surface area contributed by atoms with E-state index in [1.807, 2.05) is 24.3 Å². The van der Waals surface area contributed by atoms with Crippen molar-refractivity contribution in [3.8, 4) is 11.3 Å². The number of benzene rings is 1. The van der Waals surface area contributed by atoms with Crippen LogP contribution in [-0.4, -0.2) is 36.3 Å². The molecule has 0 spiro atoms. The molecule has 2 aromatic heterocycles. The zero-order valence-electron chi connectivity index (χ0n) is 18.5. The van der Waals surface area contributed by atoms with Crippen LogP contribution in [-0.2, 0) is 11.3 Å². The van der Waals surface area contributed by atoms with E-state index < -0.39 is 5.91 Å². The fraction of sp³-hybridized carbons (Fsp3) is 0.250. The number of hydrogen-bond acceptors (Lipinski definition) is 5. The maximum Gasteiger partial charge on any atom is 0.287 e. The van der Waals surface area contributed by atoms with Crippen LogP contribution in [0.5, 0.6) is 0 Å². The van der Waals surface area contributed by atoms with Gasteiger partial charge < -0.3 is 20.4 Å². The topological polar surface area (TPSA) is 113 Å². The van der Waals surface area contributed by atoms with Gasteiger partial charge >= 0.3 is 0 Å². The van der Waals surface area contributed by atoms with E-state index in [0.29, 0.717) is 17.9 Å². The minimum absolute atomic E-state index is 0.110. The molecule has 0 radical (unpaired) electrons. The van der Waals surface area contributed by atoms with Crippen molar-refractivity contribution in [1.29, 1.82) is 0 Å². The Balaban J connectivity index is 0.00000114. The zero-order valence-corrected chi connectivity index (χ0v) is 18.5. The third-order valence-corrected chi connectivity index (χ3v) is 4.11. The van der Waals surface area contributed by atoms with Gasteiger partial charge in [0, 0.05) is 31.5 Å². The lowest BCUT2D eigenvalue weighted by Gasteiger charge is -2.06. The van der Waals surface area contributed by atoms with Gasteiger partial charge in [-0.15, -0.1) is 0 Å². The molecular weight excluding hydrogens is 408 g/mol. The quantitative estimate of drug-likeness (QED) is 0.527. The summed E-state index contributed by atoms with van der Waals surface area (Å²) in [7, 11) is 1.49. The largest absolute Gasteiger partial charge is 0.451 e. The first-order valence-electron chi connectivity index (χ1n) is 10.3. The van der Waals surface area contributed by atoms with E-state index in [-0.39, 0.29) is 24.1 Å². The number of pyridine rings is 1. The molecule has 0 bridgehead atoms. The predicted octanol–water partition coefficient (Wildman–Crippen LogP) is 3.16. The average Bonchev–Trinajstić information content (AvgIpc) is 3.32. The van der Waals surface area contributed by atoms with Gasteiger partial charge in [-0.1, -0.05) is 38.5 Å². The fourth-order valence-corrected chi connectivity index (χ4v) is 2.57. The Labute approximate surface area is 187 Å². The van der Waals surface area contributed by atoms with Crippen LogP contribution in [0.2, 0.25) is 0 Å². The molecule has 0 atom stereocenters. The Morgan fingerprint density at radius 2 is 1.75 bits per heavy atom. The van der Waals surface area contributed by atoms with Crippen LogP contribution in [0.25, 0.3) is 11.3 Å². The molecule has 0 saturated heterocycles. The molecule has 0 aliphatic heterocycles. The Morgan fingerprint density at radius 3 is 2.44 bits per heavy atom. The van der Waals surface area contributed by atoms with Crippen molar-refractivity contribution < 1.29 is 18.8 Å². The second-order valence-corrected chi connectivity index (χ2v) is 6.85. The average molecular weight is 437 g/mol. The van der Waals surface area contributed by atoms with Gasteiger partial charge in [0.15, 0.2) is 5.76 Å². The van der Waals surface area contributed by atoms with Crippen molar-refractivity contribution in [3.63, 3.8) is 0 Å². The van der Waals surface area contributed by atoms with E-state index in [1.54, 1.807) is 30.5 Å². The second-order valence-electron chi connectivity index (χ2n) is 6.85. The van der Waals surface area contributed by atoms with Crippen molar-refractivity contribution in [2.75, 3.05) is 13.6 Å². The molecule has 1 aromatic carbocycles. The van der Waals surface area contributed by atoms with Gasteiger partial charge in [0.2, 0.25) is 5.91 Å². The summed E-state index contributed by atoms with van der Waals surface area (Å²) in [5.74, 6) is -0.364. The Hall–Kier alpha value is -3.94. The summed E-state index contributed by atoms with van der Waals surface area (Å²) in [4.78, 5) is 39.3. The molecular formula is C24H28N4O4. The third kappa shape index (κ3) is 7.39. The van der Waals surface area contributed by atoms with E-state index in [9.17, 15) is 14.4 Å². The number of nitrogens with one attached hydrogen (secondary N) is 3. The van der Waals surface area contributed by atoms with E-state index >= 15 is 0 Å². The van der Waals surface area contributed by atoms with Crippen LogP contribution < -0.4 is 16.0 Å². The standard InChI is InChI=1S/C21H20N4O4.C3H8/c1-22-19(26)13-25-21(28)18-8-7-17(29-18)15-5-2-4-14(10-15)11-24-20(27)16-6-3-9-23-12-16;1-3-2/h2-10,12H,11,13H2,1H3,(H,22,26)(H,24,27)(H,25,28);3H2,1-2H3. The van der Waals surface area contributed by atoms with Gasteiger partial charge in [-0.2, -0.15) is 0 Å². The summed E-state index contributed by atoms with van der Waals surface area (Å²) >= 11 is 0. The molecule has 2 heterocycles. The van der Waals surface area contributed by atoms with Gasteiger partial charge in [-0.05, 0) is 35.9 Å². The Kier molecular flexibility index (Phi) is 9.65. The van der Waals surface area contributed by atoms with Crippen molar-refractivity contribution in [1.82, 2.24) is 20.9 Å². The highest BCUT2D eigenvalue weighted by Gasteiger charge is 2.13. The lowest BCUT2D eigenvalue weighted by molar-refractivity contribution is -0.119. The molecule has 3 aromatic rings. The van der Waals surface area contributed by atoms with E-state index in [1.165, 1.54) is 19.7 Å². The summed E-state index contributed by atoms with van der Waals surface area (Å²) in [5.41, 5.74) is 2.13. The van der Waals surface area contributed by atoms with Crippen LogP contribution in [0.4, 0.5) is 0 Å². The molecule has 8 nitrogen and oxygen atoms in total. The molecule has 0 aliphatic rings. The Morgan fingerprint density at radius 1 is 0.969 bits per heavy atom. The first kappa shape index (κ1) is 24.3. The smallest absolute Gasteiger partial charge is 0.287 e. The molecule has 168 valence electrons. The highest BCUT2D eigenvalue weighted by Crippen LogP contribution is 2.23. The monoisotopic (exact) mass is 436 g/mol. The molecule has 8 heteroatoms. The van der Waals surface area contributed by atoms with Gasteiger partial charge in [-0.25, -0.2) is 0 Å². The van der Waals surface area contributed by atoms with Crippen molar-refractivity contribution in [2.45, 2.75) is 26.8 Å². The number of rotatable bonds is 7. The second kappa shape index (κ2) is 12.7. The van der Waals surface area contributed by atoms with E-state index in [0.717, 1.165) is 11.1 Å². The lowest BCUT2D eigenvalue weighted by atomic mass is 10.1. The van der Waals surface area contributed by atoms with Crippen LogP contribution in [0.15, 0.2) is 65.3 Å². The first-order chi connectivity index (χ1) is 15.5. The lowest BCUT2D eigenvalue weighted by Crippen LogP contribution is -2.34. The maximum absolute atomic E-state index is 12.1. The Bertz CT molecular complexity index is 1030. The highest BCUT2D eigenvalue weighted by atomic mass is 16.3. The van der Waals surface area contributed by atoms with Gasteiger partial charge in [-0.3, -0.25) is 19.4 Å². The van der Waals surface area contributed by atoms with Gasteiger partial charge in [0.25, 0.3) is 11.8 Å². The zero-order chi connectivity index (χ0) is 23.3. The van der Waals surface area contributed by atoms with Crippen molar-refractivity contribution >= 4 is 17.7 Å². The van der Waals surface area contributed by atoms with Crippen LogP contribution in [0.1, 0.15) is 46.7 Å². The summed E-state index contributed by atoms with van der Waals surface area (Å²) < 4.78 is 5.61. The molecule has 0 fully saturated rings. The van der Waals surface area contributed by atoms with Crippen LogP contribution >= 0.6 is 0 Å². The summed E-state index contributed by atoms with van der Waals surface area (Å²) in [6, 6.07) is 14.1. The van der Waals surface area contributed by atoms with Crippen LogP contribution in [0.3, 0.4) is 0 Å². The molecule has 3 rings (SSSR count). The minimum Gasteiger partial charge on any atom is -0.451 e. The molecule has 3 amide bonds. The van der Waals surface area contributed by atoms with E-state index in [2.05, 4.69) is 34.8 Å². The summed E-state index contributed by atoms with van der Waals surface area (Å²) in [5, 5.41) is 7.74. The number of carbonyl (C=O) groups excluding carboxylic acids is 3. The molecule has 0 saturated carbocycles. The van der Waals surface area contributed by atoms with Gasteiger partial charge in [0.1, 0.15) is 5.76 Å². The predicted molar refractivity (Wildman–Crippen MR) is 122 cm³/mol. The molecule has 3 N–H and O–H groups in total. The molecule has 0 aliphatic carbocycles. The minimum atomic E-state index is -0.472. The van der Waals surface area contributed by atoms with Crippen LogP contribution in [0, 0.1) is 0 Å². The maximum atomic E-state index is 12.1. The first-order valence-corrected chi connectivity index (χ1v) is 10.3. The van der Waals surface area contributed by atoms with Crippen molar-refractivity contribution in [3.05, 3.63) is 77.8 Å². The SMILES string of the molecule is CCC.CNC(=O)CNC(=O)c1ccc(-c2cccc(CNC(=O)c3cccnc3)c2)o1. The third-order valence-electron chi connectivity index (χ3n) is 4.11. The number of hydrogen-bond donors (Lipinski definition) is 3. The number of furan rings is 1. The number of amides is 3. The normalized spacial score (nSPS) is 9.84. The number of nitrogens with zero attached hydrogens (tertiary/aromatic N) is 1. The summed E-state index contributed by atoms with van der Waals surface area (Å²) in [6.45, 7) is 4.46. The highest BCUT2D eigenvalue weighted by molar-refractivity contribution is 5.95. The number of aromatic nitrogens is 1.